The minimum absolute atomic E-state index is 0.218. The quantitative estimate of drug-likeness (QED) is 0.260. The van der Waals surface area contributed by atoms with E-state index in [1.807, 2.05) is 0 Å². The molecule has 0 aromatic rings. The maximum Gasteiger partial charge on any atom is 0.325 e. The molecule has 1 aliphatic rings. The molecule has 0 spiro atoms. The van der Waals surface area contributed by atoms with Gasteiger partial charge in [-0.2, -0.15) is 0 Å². The Bertz CT molecular complexity index is 628. The Hall–Kier alpha value is -0.789. The van der Waals surface area contributed by atoms with E-state index >= 15 is 0 Å². The van der Waals surface area contributed by atoms with Gasteiger partial charge in [0.15, 0.2) is 16.6 Å². The van der Waals surface area contributed by atoms with E-state index in [0.717, 1.165) is 18.9 Å². The van der Waals surface area contributed by atoms with Gasteiger partial charge in [-0.25, -0.2) is 0 Å². The van der Waals surface area contributed by atoms with Gasteiger partial charge < -0.3 is 23.4 Å². The van der Waals surface area contributed by atoms with Gasteiger partial charge in [0.05, 0.1) is 6.10 Å². The SMILES string of the molecule is C=C(C)C(=O)NCC(=O)OC1CCC(CC[Si](C)(O[Si](C)(C)C)O[Si](C)(C)C)CC1O. The molecule has 180 valence electrons. The number of amides is 1. The van der Waals surface area contributed by atoms with Crippen molar-refractivity contribution in [2.45, 2.75) is 96.7 Å². The average Bonchev–Trinajstić information content (AvgIpc) is 2.56. The Labute approximate surface area is 191 Å². The van der Waals surface area contributed by atoms with Gasteiger partial charge in [-0.1, -0.05) is 6.58 Å². The summed E-state index contributed by atoms with van der Waals surface area (Å²) in [7, 11) is -5.75. The monoisotopic (exact) mass is 489 g/mol. The Morgan fingerprint density at radius 1 is 1.03 bits per heavy atom. The van der Waals surface area contributed by atoms with E-state index in [-0.39, 0.29) is 12.5 Å². The molecule has 10 heteroatoms. The van der Waals surface area contributed by atoms with Gasteiger partial charge in [0.1, 0.15) is 12.6 Å². The molecule has 0 aliphatic heterocycles. The van der Waals surface area contributed by atoms with Crippen LogP contribution in [0.25, 0.3) is 0 Å². The van der Waals surface area contributed by atoms with Gasteiger partial charge in [-0.15, -0.1) is 0 Å². The van der Waals surface area contributed by atoms with Crippen LogP contribution in [0.5, 0.6) is 0 Å². The molecule has 1 saturated carbocycles. The number of carbonyl (C=O) groups excluding carboxylic acids is 2. The summed E-state index contributed by atoms with van der Waals surface area (Å²) in [6, 6.07) is 0.913. The van der Waals surface area contributed by atoms with E-state index in [4.69, 9.17) is 13.0 Å². The first-order chi connectivity index (χ1) is 14.0. The maximum atomic E-state index is 12.0. The van der Waals surface area contributed by atoms with Gasteiger partial charge >= 0.3 is 14.5 Å². The number of aliphatic hydroxyl groups is 1. The third kappa shape index (κ3) is 11.6. The molecular weight excluding hydrogens is 446 g/mol. The summed E-state index contributed by atoms with van der Waals surface area (Å²) in [5, 5.41) is 13.0. The van der Waals surface area contributed by atoms with Crippen LogP contribution in [0.4, 0.5) is 0 Å². The zero-order valence-electron chi connectivity index (χ0n) is 20.7. The lowest BCUT2D eigenvalue weighted by Gasteiger charge is -2.40. The summed E-state index contributed by atoms with van der Waals surface area (Å²) in [5.41, 5.74) is 0.333. The molecule has 1 amide bonds. The van der Waals surface area contributed by atoms with E-state index in [9.17, 15) is 14.7 Å². The van der Waals surface area contributed by atoms with Crippen LogP contribution < -0.4 is 5.32 Å². The van der Waals surface area contributed by atoms with Crippen molar-refractivity contribution >= 4 is 37.1 Å². The fourth-order valence-corrected chi connectivity index (χ4v) is 16.7. The highest BCUT2D eigenvalue weighted by Gasteiger charge is 2.41. The molecular formula is C21H43NO6Si3. The van der Waals surface area contributed by atoms with Crippen LogP contribution >= 0.6 is 0 Å². The summed E-state index contributed by atoms with van der Waals surface area (Å²) in [5.74, 6) is -0.561. The Morgan fingerprint density at radius 2 is 1.58 bits per heavy atom. The Kier molecular flexibility index (Phi) is 10.4. The minimum atomic E-state index is -2.29. The molecule has 7 nitrogen and oxygen atoms in total. The molecule has 0 aromatic carbocycles. The van der Waals surface area contributed by atoms with Gasteiger partial charge in [0.2, 0.25) is 5.91 Å². The van der Waals surface area contributed by atoms with E-state index in [2.05, 4.69) is 57.7 Å². The smallest absolute Gasteiger partial charge is 0.325 e. The first-order valence-electron chi connectivity index (χ1n) is 11.2. The molecule has 3 atom stereocenters. The number of hydrogen-bond acceptors (Lipinski definition) is 6. The average molecular weight is 490 g/mol. The maximum absolute atomic E-state index is 12.0. The largest absolute Gasteiger partial charge is 0.458 e. The molecule has 0 saturated heterocycles. The zero-order valence-corrected chi connectivity index (χ0v) is 23.7. The number of hydrogen-bond donors (Lipinski definition) is 2. The Morgan fingerprint density at radius 3 is 2.03 bits per heavy atom. The molecule has 3 unspecified atom stereocenters. The van der Waals surface area contributed by atoms with Crippen molar-refractivity contribution in [3.63, 3.8) is 0 Å². The highest BCUT2D eigenvalue weighted by Crippen LogP contribution is 2.34. The van der Waals surface area contributed by atoms with Gasteiger partial charge in [-0.3, -0.25) is 9.59 Å². The Balaban J connectivity index is 2.56. The van der Waals surface area contributed by atoms with Crippen molar-refractivity contribution in [2.24, 2.45) is 5.92 Å². The third-order valence-corrected chi connectivity index (χ3v) is 14.5. The molecule has 0 radical (unpaired) electrons. The lowest BCUT2D eigenvalue weighted by molar-refractivity contribution is -0.158. The van der Waals surface area contributed by atoms with Crippen LogP contribution in [0.15, 0.2) is 12.2 Å². The summed E-state index contributed by atoms with van der Waals surface area (Å²) < 4.78 is 18.5. The number of ether oxygens (including phenoxy) is 1. The zero-order chi connectivity index (χ0) is 24.0. The van der Waals surface area contributed by atoms with E-state index in [0.29, 0.717) is 24.3 Å². The molecule has 1 rings (SSSR count). The van der Waals surface area contributed by atoms with E-state index < -0.39 is 43.4 Å². The van der Waals surface area contributed by atoms with Crippen LogP contribution in [0, 0.1) is 5.92 Å². The van der Waals surface area contributed by atoms with Crippen molar-refractivity contribution in [3.8, 4) is 0 Å². The molecule has 0 heterocycles. The van der Waals surface area contributed by atoms with Crippen molar-refractivity contribution in [1.82, 2.24) is 5.32 Å². The third-order valence-electron chi connectivity index (χ3n) is 4.98. The van der Waals surface area contributed by atoms with Crippen LogP contribution in [-0.4, -0.2) is 60.9 Å². The van der Waals surface area contributed by atoms with Crippen molar-refractivity contribution in [2.75, 3.05) is 6.54 Å². The number of esters is 1. The predicted molar refractivity (Wildman–Crippen MR) is 131 cm³/mol. The summed E-state index contributed by atoms with van der Waals surface area (Å²) in [6.07, 6.45) is 1.84. The fraction of sp³-hybridized carbons (Fsp3) is 0.810. The second-order valence-corrected chi connectivity index (χ2v) is 23.7. The molecule has 0 aromatic heterocycles. The van der Waals surface area contributed by atoms with Crippen molar-refractivity contribution in [1.29, 1.82) is 0 Å². The highest BCUT2D eigenvalue weighted by molar-refractivity contribution is 6.87. The molecule has 0 bridgehead atoms. The van der Waals surface area contributed by atoms with Crippen LogP contribution in [0.3, 0.4) is 0 Å². The minimum Gasteiger partial charge on any atom is -0.458 e. The van der Waals surface area contributed by atoms with Crippen LogP contribution in [0.1, 0.15) is 32.6 Å². The summed E-state index contributed by atoms with van der Waals surface area (Å²) in [4.78, 5) is 23.5. The standard InChI is InChI=1S/C21H43NO6Si3/c1-16(2)21(25)22-15-20(24)26-19-11-10-17(14-18(19)23)12-13-31(9,27-29(3,4)5)28-30(6,7)8/h17-19,23H,1,10-15H2,2-9H3,(H,22,25). The summed E-state index contributed by atoms with van der Waals surface area (Å²) >= 11 is 0. The molecule has 1 aliphatic carbocycles. The molecule has 31 heavy (non-hydrogen) atoms. The fourth-order valence-electron chi connectivity index (χ4n) is 4.00. The van der Waals surface area contributed by atoms with E-state index in [1.54, 1.807) is 6.92 Å². The van der Waals surface area contributed by atoms with Gasteiger partial charge in [0, 0.05) is 5.57 Å². The molecule has 2 N–H and O–H groups in total. The number of rotatable bonds is 11. The van der Waals surface area contributed by atoms with Gasteiger partial charge in [0.25, 0.3) is 0 Å². The highest BCUT2D eigenvalue weighted by atomic mass is 28.5. The lowest BCUT2D eigenvalue weighted by Crippen LogP contribution is -2.52. The van der Waals surface area contributed by atoms with Crippen LogP contribution in [0.2, 0.25) is 51.9 Å². The van der Waals surface area contributed by atoms with Crippen molar-refractivity contribution in [3.05, 3.63) is 12.2 Å². The number of nitrogens with one attached hydrogen (secondary N) is 1. The van der Waals surface area contributed by atoms with Gasteiger partial charge in [-0.05, 0) is 90.4 Å². The van der Waals surface area contributed by atoms with Crippen LogP contribution in [-0.2, 0) is 22.6 Å². The topological polar surface area (TPSA) is 94.1 Å². The lowest BCUT2D eigenvalue weighted by atomic mass is 9.84. The predicted octanol–water partition coefficient (Wildman–Crippen LogP) is 3.92. The normalized spacial score (nSPS) is 22.7. The van der Waals surface area contributed by atoms with Crippen molar-refractivity contribution < 1.29 is 27.7 Å². The first kappa shape index (κ1) is 28.2. The van der Waals surface area contributed by atoms with E-state index in [1.165, 1.54) is 0 Å². The number of aliphatic hydroxyl groups excluding tert-OH is 1. The molecule has 1 fully saturated rings. The number of carbonyl (C=O) groups is 2. The second kappa shape index (κ2) is 11.4. The second-order valence-electron chi connectivity index (χ2n) is 10.8. The first-order valence-corrected chi connectivity index (χ1v) is 20.6. The summed E-state index contributed by atoms with van der Waals surface area (Å²) in [6.45, 7) is 20.3.